The minimum atomic E-state index is -0.499. The van der Waals surface area contributed by atoms with Gasteiger partial charge in [0.05, 0.1) is 0 Å². The maximum atomic E-state index is 14.3. The van der Waals surface area contributed by atoms with Crippen LogP contribution in [0.4, 0.5) is 20.7 Å². The molecule has 1 fully saturated rings. The van der Waals surface area contributed by atoms with E-state index >= 15 is 0 Å². The zero-order chi connectivity index (χ0) is 24.0. The molecule has 3 rings (SSSR count). The van der Waals surface area contributed by atoms with Crippen molar-refractivity contribution in [2.24, 2.45) is 5.92 Å². The number of hydrogen-bond acceptors (Lipinski definition) is 6. The highest BCUT2D eigenvalue weighted by atomic mass is 19.1. The Morgan fingerprint density at radius 3 is 2.64 bits per heavy atom. The number of ether oxygens (including phenoxy) is 2. The second-order valence-corrected chi connectivity index (χ2v) is 8.98. The van der Waals surface area contributed by atoms with E-state index in [0.717, 1.165) is 12.8 Å². The summed E-state index contributed by atoms with van der Waals surface area (Å²) >= 11 is 0. The van der Waals surface area contributed by atoms with E-state index in [2.05, 4.69) is 22.1 Å². The monoisotopic (exact) mass is 454 g/mol. The molecule has 0 unspecified atom stereocenters. The third-order valence-corrected chi connectivity index (χ3v) is 5.25. The molecular weight excluding hydrogens is 423 g/mol. The molecule has 1 amide bonds. The van der Waals surface area contributed by atoms with E-state index in [1.54, 1.807) is 30.1 Å². The van der Waals surface area contributed by atoms with Crippen LogP contribution in [-0.4, -0.2) is 41.7 Å². The average Bonchev–Trinajstić information content (AvgIpc) is 2.76. The van der Waals surface area contributed by atoms with Gasteiger partial charge in [0, 0.05) is 50.6 Å². The van der Waals surface area contributed by atoms with Crippen LogP contribution in [0.15, 0.2) is 30.5 Å². The second-order valence-electron chi connectivity index (χ2n) is 8.98. The summed E-state index contributed by atoms with van der Waals surface area (Å²) in [5.41, 5.74) is 6.60. The number of hydrogen-bond donors (Lipinski definition) is 2. The zero-order valence-electron chi connectivity index (χ0n) is 19.6. The number of benzene rings is 1. The van der Waals surface area contributed by atoms with Crippen LogP contribution < -0.4 is 15.8 Å². The van der Waals surface area contributed by atoms with Gasteiger partial charge in [-0.2, -0.15) is 0 Å². The number of amides is 1. The maximum absolute atomic E-state index is 14.3. The number of carbonyl (C=O) groups is 1. The van der Waals surface area contributed by atoms with Gasteiger partial charge >= 0.3 is 6.09 Å². The van der Waals surface area contributed by atoms with E-state index in [1.807, 2.05) is 20.8 Å². The van der Waals surface area contributed by atoms with Crippen molar-refractivity contribution in [1.82, 2.24) is 9.88 Å². The van der Waals surface area contributed by atoms with Gasteiger partial charge in [-0.05, 0) is 51.7 Å². The zero-order valence-corrected chi connectivity index (χ0v) is 19.6. The van der Waals surface area contributed by atoms with E-state index in [9.17, 15) is 9.18 Å². The second kappa shape index (κ2) is 10.4. The normalized spacial score (nSPS) is 14.3. The summed E-state index contributed by atoms with van der Waals surface area (Å²) < 4.78 is 25.5. The molecule has 0 radical (unpaired) electrons. The number of rotatable bonds is 4. The number of likely N-dealkylation sites (tertiary alicyclic amines) is 1. The highest BCUT2D eigenvalue weighted by Gasteiger charge is 2.26. The molecular formula is C25H31FN4O3. The van der Waals surface area contributed by atoms with Gasteiger partial charge in [-0.15, -0.1) is 0 Å². The quantitative estimate of drug-likeness (QED) is 0.630. The van der Waals surface area contributed by atoms with E-state index in [4.69, 9.17) is 15.2 Å². The van der Waals surface area contributed by atoms with Crippen LogP contribution in [0.1, 0.15) is 45.6 Å². The number of nitrogens with two attached hydrogens (primary N) is 1. The van der Waals surface area contributed by atoms with Crippen molar-refractivity contribution in [1.29, 1.82) is 0 Å². The first-order valence-corrected chi connectivity index (χ1v) is 11.0. The molecule has 0 aliphatic carbocycles. The summed E-state index contributed by atoms with van der Waals surface area (Å²) in [7, 11) is 1.72. The fraction of sp³-hybridized carbons (Fsp3) is 0.440. The smallest absolute Gasteiger partial charge is 0.410 e. The van der Waals surface area contributed by atoms with Crippen molar-refractivity contribution in [3.63, 3.8) is 0 Å². The van der Waals surface area contributed by atoms with E-state index in [0.29, 0.717) is 42.4 Å². The Morgan fingerprint density at radius 1 is 1.27 bits per heavy atom. The van der Waals surface area contributed by atoms with Crippen LogP contribution >= 0.6 is 0 Å². The van der Waals surface area contributed by atoms with Crippen molar-refractivity contribution < 1.29 is 18.7 Å². The Morgan fingerprint density at radius 2 is 2.00 bits per heavy atom. The van der Waals surface area contributed by atoms with Crippen LogP contribution in [0.5, 0.6) is 11.5 Å². The number of carbonyl (C=O) groups excluding carboxylic acids is 1. The predicted octanol–water partition coefficient (Wildman–Crippen LogP) is 5.03. The van der Waals surface area contributed by atoms with Gasteiger partial charge in [0.25, 0.3) is 0 Å². The molecule has 1 aromatic carbocycles. The molecule has 7 nitrogen and oxygen atoms in total. The lowest BCUT2D eigenvalue weighted by atomic mass is 9.94. The summed E-state index contributed by atoms with van der Waals surface area (Å²) in [5.74, 6) is 6.75. The first-order valence-electron chi connectivity index (χ1n) is 11.0. The summed E-state index contributed by atoms with van der Waals surface area (Å²) in [5, 5.41) is 2.88. The van der Waals surface area contributed by atoms with Crippen molar-refractivity contribution in [3.8, 4) is 23.3 Å². The van der Waals surface area contributed by atoms with Crippen LogP contribution in [0.3, 0.4) is 0 Å². The van der Waals surface area contributed by atoms with Gasteiger partial charge in [0.15, 0.2) is 11.6 Å². The minimum Gasteiger partial charge on any atom is -0.453 e. The highest BCUT2D eigenvalue weighted by Crippen LogP contribution is 2.30. The van der Waals surface area contributed by atoms with Gasteiger partial charge in [-0.1, -0.05) is 11.8 Å². The van der Waals surface area contributed by atoms with Crippen LogP contribution in [-0.2, 0) is 4.74 Å². The third-order valence-electron chi connectivity index (χ3n) is 5.25. The molecule has 0 atom stereocenters. The molecule has 1 aromatic heterocycles. The molecule has 1 aliphatic heterocycles. The first kappa shape index (κ1) is 24.2. The summed E-state index contributed by atoms with van der Waals surface area (Å²) in [6.07, 6.45) is 3.58. The fourth-order valence-electron chi connectivity index (χ4n) is 3.46. The van der Waals surface area contributed by atoms with Crippen LogP contribution in [0, 0.1) is 23.6 Å². The molecule has 0 bridgehead atoms. The Bertz CT molecular complexity index is 1050. The lowest BCUT2D eigenvalue weighted by Gasteiger charge is -2.32. The average molecular weight is 455 g/mol. The molecule has 0 spiro atoms. The number of nitrogens with zero attached hydrogens (tertiary/aromatic N) is 2. The Labute approximate surface area is 194 Å². The van der Waals surface area contributed by atoms with Crippen LogP contribution in [0.2, 0.25) is 0 Å². The van der Waals surface area contributed by atoms with Crippen molar-refractivity contribution in [2.75, 3.05) is 31.2 Å². The highest BCUT2D eigenvalue weighted by molar-refractivity contribution is 5.68. The maximum Gasteiger partial charge on any atom is 0.410 e. The molecule has 3 N–H and O–H groups in total. The number of halogens is 1. The number of piperidine rings is 1. The molecule has 176 valence electrons. The summed E-state index contributed by atoms with van der Waals surface area (Å²) in [6.45, 7) is 6.88. The van der Waals surface area contributed by atoms with Gasteiger partial charge < -0.3 is 25.4 Å². The lowest BCUT2D eigenvalue weighted by Crippen LogP contribution is -2.41. The van der Waals surface area contributed by atoms with Crippen molar-refractivity contribution in [2.45, 2.75) is 45.6 Å². The molecule has 1 aliphatic rings. The first-order chi connectivity index (χ1) is 15.7. The Balaban J connectivity index is 1.63. The predicted molar refractivity (Wildman–Crippen MR) is 127 cm³/mol. The van der Waals surface area contributed by atoms with E-state index in [-0.39, 0.29) is 17.7 Å². The third kappa shape index (κ3) is 6.75. The summed E-state index contributed by atoms with van der Waals surface area (Å²) in [4.78, 5) is 18.0. The molecule has 0 saturated carbocycles. The van der Waals surface area contributed by atoms with Crippen molar-refractivity contribution in [3.05, 3.63) is 41.8 Å². The van der Waals surface area contributed by atoms with Crippen molar-refractivity contribution >= 4 is 17.6 Å². The van der Waals surface area contributed by atoms with Gasteiger partial charge in [0.2, 0.25) is 0 Å². The fourth-order valence-corrected chi connectivity index (χ4v) is 3.46. The Hall–Kier alpha value is -3.47. The SMILES string of the molecule is CNc1ccc(Oc2ccnc(N)c2C#CCC2CCN(C(=O)OC(C)(C)C)CC2)c(F)c1. The Kier molecular flexibility index (Phi) is 7.64. The van der Waals surface area contributed by atoms with E-state index < -0.39 is 11.4 Å². The van der Waals surface area contributed by atoms with Gasteiger partial charge in [0.1, 0.15) is 22.7 Å². The molecule has 2 aromatic rings. The topological polar surface area (TPSA) is 89.7 Å². The number of aromatic nitrogens is 1. The largest absolute Gasteiger partial charge is 0.453 e. The molecule has 33 heavy (non-hydrogen) atoms. The van der Waals surface area contributed by atoms with Crippen LogP contribution in [0.25, 0.3) is 0 Å². The van der Waals surface area contributed by atoms with E-state index in [1.165, 1.54) is 12.3 Å². The van der Waals surface area contributed by atoms with Gasteiger partial charge in [-0.3, -0.25) is 0 Å². The molecule has 1 saturated heterocycles. The minimum absolute atomic E-state index is 0.0807. The van der Waals surface area contributed by atoms with Gasteiger partial charge in [-0.25, -0.2) is 14.2 Å². The standard InChI is InChI=1S/C25H31FN4O3/c1-25(2,3)33-24(31)30-14-11-17(12-15-30)6-5-7-19-21(10-13-29-23(19)27)32-22-9-8-18(28-4)16-20(22)26/h8-10,13,16-17,28H,6,11-12,14-15H2,1-4H3,(H2,27,29). The summed E-state index contributed by atoms with van der Waals surface area (Å²) in [6, 6.07) is 6.24. The molecule has 2 heterocycles. The number of anilines is 2. The number of pyridine rings is 1. The number of nitrogens with one attached hydrogen (secondary N) is 1. The number of nitrogen functional groups attached to an aromatic ring is 1. The molecule has 8 heteroatoms. The lowest BCUT2D eigenvalue weighted by molar-refractivity contribution is 0.0185.